The highest BCUT2D eigenvalue weighted by molar-refractivity contribution is 7.89. The third-order valence-corrected chi connectivity index (χ3v) is 6.59. The molecule has 33 heavy (non-hydrogen) atoms. The minimum atomic E-state index is -4.53. The lowest BCUT2D eigenvalue weighted by molar-refractivity contribution is -0.137. The summed E-state index contributed by atoms with van der Waals surface area (Å²) in [5.41, 5.74) is 0.0698. The number of nitrogens with zero attached hydrogens (tertiary/aromatic N) is 1. The molecule has 0 aliphatic carbocycles. The number of carbonyl (C=O) groups excluding carboxylic acids is 1. The van der Waals surface area contributed by atoms with Crippen LogP contribution in [0.4, 0.5) is 23.2 Å². The van der Waals surface area contributed by atoms with Crippen LogP contribution in [0.3, 0.4) is 0 Å². The zero-order valence-corrected chi connectivity index (χ0v) is 18.3. The van der Waals surface area contributed by atoms with Gasteiger partial charge in [-0.05, 0) is 49.4 Å². The first-order valence-corrected chi connectivity index (χ1v) is 11.2. The van der Waals surface area contributed by atoms with E-state index in [2.05, 4.69) is 5.32 Å². The monoisotopic (exact) mass is 480 g/mol. The molecule has 3 rings (SSSR count). The highest BCUT2D eigenvalue weighted by Crippen LogP contribution is 2.30. The molecule has 0 saturated carbocycles. The van der Waals surface area contributed by atoms with Crippen LogP contribution in [0.15, 0.2) is 77.7 Å². The normalized spacial score (nSPS) is 12.1. The van der Waals surface area contributed by atoms with Crippen LogP contribution >= 0.6 is 0 Å². The SMILES string of the molecule is Cc1ccc(S(=O)(=O)N(CC(=O)Nc2ccc(C(F)(F)F)cc2)Cc2ccccc2F)cc1. The van der Waals surface area contributed by atoms with E-state index in [1.54, 1.807) is 19.1 Å². The maximum Gasteiger partial charge on any atom is 0.416 e. The second kappa shape index (κ2) is 9.72. The minimum absolute atomic E-state index is 0.0616. The van der Waals surface area contributed by atoms with Gasteiger partial charge < -0.3 is 5.32 Å². The zero-order chi connectivity index (χ0) is 24.2. The average molecular weight is 480 g/mol. The number of halogens is 4. The van der Waals surface area contributed by atoms with Crippen molar-refractivity contribution in [1.82, 2.24) is 4.31 Å². The van der Waals surface area contributed by atoms with E-state index in [9.17, 15) is 30.8 Å². The quantitative estimate of drug-likeness (QED) is 0.485. The Morgan fingerprint density at radius 3 is 2.12 bits per heavy atom. The fourth-order valence-electron chi connectivity index (χ4n) is 3.01. The van der Waals surface area contributed by atoms with Crippen LogP contribution in [-0.2, 0) is 27.5 Å². The van der Waals surface area contributed by atoms with Crippen LogP contribution in [-0.4, -0.2) is 25.2 Å². The van der Waals surface area contributed by atoms with E-state index in [0.29, 0.717) is 0 Å². The number of anilines is 1. The van der Waals surface area contributed by atoms with Gasteiger partial charge in [0.05, 0.1) is 17.0 Å². The first kappa shape index (κ1) is 24.4. The van der Waals surface area contributed by atoms with Gasteiger partial charge >= 0.3 is 6.18 Å². The molecule has 174 valence electrons. The van der Waals surface area contributed by atoms with Crippen molar-refractivity contribution in [2.75, 3.05) is 11.9 Å². The molecule has 5 nitrogen and oxygen atoms in total. The van der Waals surface area contributed by atoms with Gasteiger partial charge in [0.2, 0.25) is 15.9 Å². The number of aryl methyl sites for hydroxylation is 1. The first-order valence-electron chi connectivity index (χ1n) is 9.74. The third kappa shape index (κ3) is 6.17. The summed E-state index contributed by atoms with van der Waals surface area (Å²) in [5, 5.41) is 2.38. The minimum Gasteiger partial charge on any atom is -0.325 e. The molecule has 0 spiro atoms. The van der Waals surface area contributed by atoms with Crippen LogP contribution in [0.2, 0.25) is 0 Å². The maximum atomic E-state index is 14.2. The Morgan fingerprint density at radius 2 is 1.55 bits per heavy atom. The number of rotatable bonds is 7. The van der Waals surface area contributed by atoms with E-state index in [-0.39, 0.29) is 16.1 Å². The van der Waals surface area contributed by atoms with Crippen LogP contribution in [0, 0.1) is 12.7 Å². The number of alkyl halides is 3. The van der Waals surface area contributed by atoms with Gasteiger partial charge in [-0.15, -0.1) is 0 Å². The molecule has 0 radical (unpaired) electrons. The highest BCUT2D eigenvalue weighted by atomic mass is 32.2. The van der Waals surface area contributed by atoms with Gasteiger partial charge in [-0.25, -0.2) is 12.8 Å². The van der Waals surface area contributed by atoms with Crippen LogP contribution in [0.25, 0.3) is 0 Å². The van der Waals surface area contributed by atoms with Crippen molar-refractivity contribution in [3.63, 3.8) is 0 Å². The van der Waals surface area contributed by atoms with Crippen LogP contribution in [0.5, 0.6) is 0 Å². The Kier molecular flexibility index (Phi) is 7.19. The van der Waals surface area contributed by atoms with Gasteiger partial charge in [0.1, 0.15) is 5.82 Å². The molecular weight excluding hydrogens is 460 g/mol. The Balaban J connectivity index is 1.85. The van der Waals surface area contributed by atoms with Crippen molar-refractivity contribution >= 4 is 21.6 Å². The summed E-state index contributed by atoms with van der Waals surface area (Å²) in [6.45, 7) is 0.694. The topological polar surface area (TPSA) is 66.5 Å². The zero-order valence-electron chi connectivity index (χ0n) is 17.4. The molecule has 3 aromatic carbocycles. The van der Waals surface area contributed by atoms with Gasteiger partial charge in [0.25, 0.3) is 0 Å². The number of amides is 1. The van der Waals surface area contributed by atoms with E-state index >= 15 is 0 Å². The van der Waals surface area contributed by atoms with E-state index in [1.807, 2.05) is 0 Å². The third-order valence-electron chi connectivity index (χ3n) is 4.78. The maximum absolute atomic E-state index is 14.2. The molecule has 0 heterocycles. The van der Waals surface area contributed by atoms with Gasteiger partial charge in [-0.3, -0.25) is 4.79 Å². The second-order valence-corrected chi connectivity index (χ2v) is 9.24. The lowest BCUT2D eigenvalue weighted by Gasteiger charge is -2.22. The molecule has 0 atom stereocenters. The lowest BCUT2D eigenvalue weighted by atomic mass is 10.2. The largest absolute Gasteiger partial charge is 0.416 e. The number of sulfonamides is 1. The van der Waals surface area contributed by atoms with Gasteiger partial charge in [-0.1, -0.05) is 35.9 Å². The lowest BCUT2D eigenvalue weighted by Crippen LogP contribution is -2.37. The Morgan fingerprint density at radius 1 is 0.939 bits per heavy atom. The van der Waals surface area contributed by atoms with Crippen molar-refractivity contribution in [1.29, 1.82) is 0 Å². The molecule has 0 saturated heterocycles. The Hall–Kier alpha value is -3.24. The van der Waals surface area contributed by atoms with E-state index in [0.717, 1.165) is 34.1 Å². The number of hydrogen-bond donors (Lipinski definition) is 1. The van der Waals surface area contributed by atoms with Crippen molar-refractivity contribution in [2.24, 2.45) is 0 Å². The van der Waals surface area contributed by atoms with Crippen LogP contribution in [0.1, 0.15) is 16.7 Å². The summed E-state index contributed by atoms with van der Waals surface area (Å²) in [5.74, 6) is -1.42. The molecule has 1 amide bonds. The first-order chi connectivity index (χ1) is 15.5. The summed E-state index contributed by atoms with van der Waals surface area (Å²) in [6, 6.07) is 15.3. The molecule has 10 heteroatoms. The molecular formula is C23H20F4N2O3S. The number of benzene rings is 3. The molecule has 3 aromatic rings. The smallest absolute Gasteiger partial charge is 0.325 e. The summed E-state index contributed by atoms with van der Waals surface area (Å²) >= 11 is 0. The fourth-order valence-corrected chi connectivity index (χ4v) is 4.38. The van der Waals surface area contributed by atoms with Crippen LogP contribution < -0.4 is 5.32 Å². The summed E-state index contributed by atoms with van der Waals surface area (Å²) < 4.78 is 79.6. The summed E-state index contributed by atoms with van der Waals surface area (Å²) in [4.78, 5) is 12.5. The molecule has 0 aliphatic heterocycles. The van der Waals surface area contributed by atoms with E-state index in [4.69, 9.17) is 0 Å². The summed E-state index contributed by atoms with van der Waals surface area (Å²) in [6.07, 6.45) is -4.53. The number of nitrogens with one attached hydrogen (secondary N) is 1. The number of hydrogen-bond acceptors (Lipinski definition) is 3. The van der Waals surface area contributed by atoms with E-state index in [1.165, 1.54) is 36.4 Å². The van der Waals surface area contributed by atoms with Crippen molar-refractivity contribution < 1.29 is 30.8 Å². The Bertz CT molecular complexity index is 1230. The van der Waals surface area contributed by atoms with Crippen molar-refractivity contribution in [3.05, 3.63) is 95.3 Å². The molecule has 0 aliphatic rings. The molecule has 0 bridgehead atoms. The predicted molar refractivity (Wildman–Crippen MR) is 115 cm³/mol. The highest BCUT2D eigenvalue weighted by Gasteiger charge is 2.30. The second-order valence-electron chi connectivity index (χ2n) is 7.30. The molecule has 1 N–H and O–H groups in total. The van der Waals surface area contributed by atoms with Crippen molar-refractivity contribution in [3.8, 4) is 0 Å². The molecule has 0 aromatic heterocycles. The Labute approximate surface area is 188 Å². The summed E-state index contributed by atoms with van der Waals surface area (Å²) in [7, 11) is -4.19. The van der Waals surface area contributed by atoms with Gasteiger partial charge in [-0.2, -0.15) is 17.5 Å². The standard InChI is InChI=1S/C23H20F4N2O3S/c1-16-6-12-20(13-7-16)33(31,32)29(14-17-4-2-3-5-21(17)24)15-22(30)28-19-10-8-18(9-11-19)23(25,26)27/h2-13H,14-15H2,1H3,(H,28,30). The molecule has 0 unspecified atom stereocenters. The van der Waals surface area contributed by atoms with E-state index < -0.39 is 46.6 Å². The molecule has 0 fully saturated rings. The number of carbonyl (C=O) groups is 1. The average Bonchev–Trinajstić information content (AvgIpc) is 2.75. The van der Waals surface area contributed by atoms with Gasteiger partial charge in [0.15, 0.2) is 0 Å². The fraction of sp³-hybridized carbons (Fsp3) is 0.174. The van der Waals surface area contributed by atoms with Gasteiger partial charge in [0, 0.05) is 17.8 Å². The predicted octanol–water partition coefficient (Wildman–Crippen LogP) is 4.98. The van der Waals surface area contributed by atoms with Crippen molar-refractivity contribution in [2.45, 2.75) is 24.5 Å².